The van der Waals surface area contributed by atoms with Crippen molar-refractivity contribution in [2.24, 2.45) is 7.05 Å². The first-order chi connectivity index (χ1) is 12.6. The molecule has 5 nitrogen and oxygen atoms in total. The molecule has 2 heterocycles. The van der Waals surface area contributed by atoms with E-state index >= 15 is 0 Å². The second-order valence-electron chi connectivity index (χ2n) is 6.33. The Morgan fingerprint density at radius 3 is 2.92 bits per heavy atom. The van der Waals surface area contributed by atoms with Crippen LogP contribution in [0.25, 0.3) is 0 Å². The number of carbonyl (C=O) groups is 1. The highest BCUT2D eigenvalue weighted by Crippen LogP contribution is 2.40. The number of nitrogens with one attached hydrogen (secondary N) is 1. The molecule has 1 N–H and O–H groups in total. The van der Waals surface area contributed by atoms with Crippen molar-refractivity contribution in [3.8, 4) is 5.75 Å². The summed E-state index contributed by atoms with van der Waals surface area (Å²) in [6.45, 7) is 0.413. The number of anilines is 1. The van der Waals surface area contributed by atoms with Crippen LogP contribution in [0.3, 0.4) is 0 Å². The first-order valence-corrected chi connectivity index (χ1v) is 8.77. The van der Waals surface area contributed by atoms with Crippen molar-refractivity contribution < 1.29 is 9.53 Å². The molecule has 1 aliphatic heterocycles. The van der Waals surface area contributed by atoms with Gasteiger partial charge >= 0.3 is 0 Å². The quantitative estimate of drug-likeness (QED) is 0.754. The van der Waals surface area contributed by atoms with E-state index in [9.17, 15) is 4.79 Å². The molecule has 3 aromatic rings. The maximum atomic E-state index is 12.2. The molecule has 0 saturated carbocycles. The Morgan fingerprint density at radius 1 is 1.23 bits per heavy atom. The Kier molecular flexibility index (Phi) is 4.39. The highest BCUT2D eigenvalue weighted by Gasteiger charge is 2.31. The third-order valence-electron chi connectivity index (χ3n) is 4.57. The fourth-order valence-corrected chi connectivity index (χ4v) is 3.52. The summed E-state index contributed by atoms with van der Waals surface area (Å²) in [5.41, 5.74) is 2.99. The number of halogens is 1. The zero-order valence-electron chi connectivity index (χ0n) is 14.3. The van der Waals surface area contributed by atoms with Crippen LogP contribution in [0.4, 0.5) is 5.82 Å². The summed E-state index contributed by atoms with van der Waals surface area (Å²) in [6.07, 6.45) is 2.18. The smallest absolute Gasteiger partial charge is 0.226 e. The molecule has 0 fully saturated rings. The molecule has 0 unspecified atom stereocenters. The zero-order valence-corrected chi connectivity index (χ0v) is 15.0. The molecule has 6 heteroatoms. The molecule has 1 amide bonds. The second-order valence-corrected chi connectivity index (χ2v) is 6.77. The van der Waals surface area contributed by atoms with E-state index in [4.69, 9.17) is 16.3 Å². The van der Waals surface area contributed by atoms with Crippen molar-refractivity contribution in [1.29, 1.82) is 0 Å². The molecular formula is C20H18ClN3O2. The molecule has 26 heavy (non-hydrogen) atoms. The molecule has 1 atom stereocenters. The SMILES string of the molecule is Cn1ncc2c1NC(=O)C[C@@H]2c1ccccc1OCc1cccc(Cl)c1. The van der Waals surface area contributed by atoms with Crippen molar-refractivity contribution in [3.63, 3.8) is 0 Å². The number of nitrogens with zero attached hydrogens (tertiary/aromatic N) is 2. The Bertz CT molecular complexity index is 967. The summed E-state index contributed by atoms with van der Waals surface area (Å²) in [5.74, 6) is 1.41. The largest absolute Gasteiger partial charge is 0.489 e. The van der Waals surface area contributed by atoms with E-state index in [1.807, 2.05) is 61.8 Å². The minimum absolute atomic E-state index is 0.0178. The van der Waals surface area contributed by atoms with Gasteiger partial charge in [0.1, 0.15) is 18.2 Å². The summed E-state index contributed by atoms with van der Waals surface area (Å²) >= 11 is 6.04. The number of ether oxygens (including phenoxy) is 1. The topological polar surface area (TPSA) is 56.2 Å². The van der Waals surface area contributed by atoms with E-state index in [0.29, 0.717) is 18.1 Å². The van der Waals surface area contributed by atoms with E-state index in [-0.39, 0.29) is 11.8 Å². The standard InChI is InChI=1S/C20H18ClN3O2/c1-24-20-17(11-22-24)16(10-19(25)23-20)15-7-2-3-8-18(15)26-12-13-5-4-6-14(21)9-13/h2-9,11,16H,10,12H2,1H3,(H,23,25)/t16-/m1/s1. The Labute approximate surface area is 156 Å². The van der Waals surface area contributed by atoms with Crippen molar-refractivity contribution in [2.45, 2.75) is 18.9 Å². The average Bonchev–Trinajstić information content (AvgIpc) is 3.01. The molecule has 0 spiro atoms. The van der Waals surface area contributed by atoms with Gasteiger partial charge < -0.3 is 10.1 Å². The van der Waals surface area contributed by atoms with Gasteiger partial charge in [-0.2, -0.15) is 5.10 Å². The van der Waals surface area contributed by atoms with Gasteiger partial charge in [0.2, 0.25) is 5.91 Å². The number of benzene rings is 2. The van der Waals surface area contributed by atoms with Gasteiger partial charge in [0.05, 0.1) is 6.20 Å². The summed E-state index contributed by atoms with van der Waals surface area (Å²) in [6, 6.07) is 15.4. The number of aromatic nitrogens is 2. The number of amides is 1. The van der Waals surface area contributed by atoms with Crippen LogP contribution in [0.1, 0.15) is 29.0 Å². The van der Waals surface area contributed by atoms with Gasteiger partial charge in [0.15, 0.2) is 0 Å². The first kappa shape index (κ1) is 16.7. The number of fused-ring (bicyclic) bond motifs is 1. The molecule has 0 saturated heterocycles. The minimum atomic E-state index is -0.0805. The minimum Gasteiger partial charge on any atom is -0.489 e. The fourth-order valence-electron chi connectivity index (χ4n) is 3.31. The fraction of sp³-hybridized carbons (Fsp3) is 0.200. The van der Waals surface area contributed by atoms with Crippen LogP contribution in [0, 0.1) is 0 Å². The lowest BCUT2D eigenvalue weighted by Gasteiger charge is -2.25. The van der Waals surface area contributed by atoms with E-state index in [0.717, 1.165) is 28.3 Å². The lowest BCUT2D eigenvalue weighted by molar-refractivity contribution is -0.116. The number of hydrogen-bond donors (Lipinski definition) is 1. The molecule has 132 valence electrons. The first-order valence-electron chi connectivity index (χ1n) is 8.40. The van der Waals surface area contributed by atoms with E-state index in [1.54, 1.807) is 4.68 Å². The van der Waals surface area contributed by atoms with Crippen LogP contribution < -0.4 is 10.1 Å². The van der Waals surface area contributed by atoms with Crippen molar-refractivity contribution in [2.75, 3.05) is 5.32 Å². The monoisotopic (exact) mass is 367 g/mol. The summed E-state index contributed by atoms with van der Waals surface area (Å²) in [5, 5.41) is 7.87. The lowest BCUT2D eigenvalue weighted by atomic mass is 9.87. The Morgan fingerprint density at radius 2 is 2.08 bits per heavy atom. The molecule has 1 aromatic heterocycles. The van der Waals surface area contributed by atoms with Gasteiger partial charge in [-0.1, -0.05) is 41.9 Å². The molecule has 0 bridgehead atoms. The van der Waals surface area contributed by atoms with Gasteiger partial charge in [-0.05, 0) is 23.8 Å². The van der Waals surface area contributed by atoms with Crippen LogP contribution in [0.2, 0.25) is 5.02 Å². The highest BCUT2D eigenvalue weighted by atomic mass is 35.5. The molecule has 0 aliphatic carbocycles. The summed E-state index contributed by atoms with van der Waals surface area (Å²) in [4.78, 5) is 12.2. The summed E-state index contributed by atoms with van der Waals surface area (Å²) in [7, 11) is 1.82. The third kappa shape index (κ3) is 3.18. The molecule has 2 aromatic carbocycles. The van der Waals surface area contributed by atoms with Gasteiger partial charge in [0, 0.05) is 35.5 Å². The van der Waals surface area contributed by atoms with E-state index < -0.39 is 0 Å². The zero-order chi connectivity index (χ0) is 18.1. The average molecular weight is 368 g/mol. The number of rotatable bonds is 4. The maximum Gasteiger partial charge on any atom is 0.226 e. The van der Waals surface area contributed by atoms with Crippen LogP contribution in [-0.4, -0.2) is 15.7 Å². The Hall–Kier alpha value is -2.79. The number of aryl methyl sites for hydroxylation is 1. The van der Waals surface area contributed by atoms with E-state index in [2.05, 4.69) is 10.4 Å². The van der Waals surface area contributed by atoms with Crippen LogP contribution >= 0.6 is 11.6 Å². The third-order valence-corrected chi connectivity index (χ3v) is 4.80. The van der Waals surface area contributed by atoms with Crippen LogP contribution in [-0.2, 0) is 18.4 Å². The molecule has 0 radical (unpaired) electrons. The van der Waals surface area contributed by atoms with Gasteiger partial charge in [0.25, 0.3) is 0 Å². The predicted molar refractivity (Wildman–Crippen MR) is 101 cm³/mol. The van der Waals surface area contributed by atoms with Crippen molar-refractivity contribution >= 4 is 23.3 Å². The van der Waals surface area contributed by atoms with E-state index in [1.165, 1.54) is 0 Å². The van der Waals surface area contributed by atoms with Gasteiger partial charge in [-0.15, -0.1) is 0 Å². The van der Waals surface area contributed by atoms with Crippen LogP contribution in [0.5, 0.6) is 5.75 Å². The molecule has 4 rings (SSSR count). The predicted octanol–water partition coefficient (Wildman–Crippen LogP) is 4.13. The number of para-hydroxylation sites is 1. The van der Waals surface area contributed by atoms with Gasteiger partial charge in [-0.3, -0.25) is 9.48 Å². The second kappa shape index (κ2) is 6.84. The summed E-state index contributed by atoms with van der Waals surface area (Å²) < 4.78 is 7.76. The van der Waals surface area contributed by atoms with Crippen LogP contribution in [0.15, 0.2) is 54.7 Å². The number of carbonyl (C=O) groups excluding carboxylic acids is 1. The molecule has 1 aliphatic rings. The van der Waals surface area contributed by atoms with Crippen molar-refractivity contribution in [1.82, 2.24) is 9.78 Å². The van der Waals surface area contributed by atoms with Gasteiger partial charge in [-0.25, -0.2) is 0 Å². The normalized spacial score (nSPS) is 16.1. The number of hydrogen-bond acceptors (Lipinski definition) is 3. The Balaban J connectivity index is 1.65. The molecular weight excluding hydrogens is 350 g/mol. The highest BCUT2D eigenvalue weighted by molar-refractivity contribution is 6.30. The van der Waals surface area contributed by atoms with Crippen molar-refractivity contribution in [3.05, 3.63) is 76.4 Å². The maximum absolute atomic E-state index is 12.2. The lowest BCUT2D eigenvalue weighted by Crippen LogP contribution is -2.24.